The van der Waals surface area contributed by atoms with E-state index in [-0.39, 0.29) is 0 Å². The molecule has 1 aromatic rings. The summed E-state index contributed by atoms with van der Waals surface area (Å²) in [5.74, 6) is 2.68. The van der Waals surface area contributed by atoms with E-state index in [2.05, 4.69) is 41.1 Å². The van der Waals surface area contributed by atoms with Crippen LogP contribution in [0.25, 0.3) is 0 Å². The molecule has 0 bridgehead atoms. The van der Waals surface area contributed by atoms with Crippen LogP contribution in [-0.2, 0) is 0 Å². The molecule has 0 spiro atoms. The third kappa shape index (κ3) is 5.50. The highest BCUT2D eigenvalue weighted by Crippen LogP contribution is 2.31. The average molecular weight is 291 g/mol. The predicted molar refractivity (Wildman–Crippen MR) is 89.0 cm³/mol. The van der Waals surface area contributed by atoms with Crippen LogP contribution >= 0.6 is 0 Å². The van der Waals surface area contributed by atoms with Crippen LogP contribution in [0.2, 0.25) is 0 Å². The molecule has 5 heteroatoms. The maximum absolute atomic E-state index is 4.72. The molecule has 1 aliphatic rings. The molecule has 1 aliphatic carbocycles. The van der Waals surface area contributed by atoms with Crippen LogP contribution in [0.5, 0.6) is 0 Å². The van der Waals surface area contributed by atoms with Crippen molar-refractivity contribution in [3.05, 3.63) is 11.8 Å². The monoisotopic (exact) mass is 291 g/mol. The Bertz CT molecular complexity index is 442. The molecule has 0 aromatic carbocycles. The highest BCUT2D eigenvalue weighted by Gasteiger charge is 2.25. The lowest BCUT2D eigenvalue weighted by Crippen LogP contribution is -2.29. The highest BCUT2D eigenvalue weighted by molar-refractivity contribution is 5.43. The SMILES string of the molecule is CCCN(CC1CC1)c1nc(C)cc(NCCN(C)C)n1. The Morgan fingerprint density at radius 2 is 2.00 bits per heavy atom. The van der Waals surface area contributed by atoms with E-state index in [1.807, 2.05) is 13.0 Å². The molecule has 0 radical (unpaired) electrons. The second kappa shape index (κ2) is 7.59. The fourth-order valence-electron chi connectivity index (χ4n) is 2.35. The number of hydrogen-bond donors (Lipinski definition) is 1. The maximum atomic E-state index is 4.72. The Hall–Kier alpha value is -1.36. The Morgan fingerprint density at radius 3 is 2.62 bits per heavy atom. The average Bonchev–Trinajstić information content (AvgIpc) is 3.21. The van der Waals surface area contributed by atoms with Crippen LogP contribution in [0.4, 0.5) is 11.8 Å². The van der Waals surface area contributed by atoms with Gasteiger partial charge in [0.1, 0.15) is 5.82 Å². The summed E-state index contributed by atoms with van der Waals surface area (Å²) in [6.45, 7) is 8.31. The van der Waals surface area contributed by atoms with Gasteiger partial charge >= 0.3 is 0 Å². The van der Waals surface area contributed by atoms with Crippen molar-refractivity contribution in [1.82, 2.24) is 14.9 Å². The molecular formula is C16H29N5. The van der Waals surface area contributed by atoms with Crippen LogP contribution in [0, 0.1) is 12.8 Å². The highest BCUT2D eigenvalue weighted by atomic mass is 15.3. The van der Waals surface area contributed by atoms with Crippen molar-refractivity contribution in [2.45, 2.75) is 33.1 Å². The number of aromatic nitrogens is 2. The number of nitrogens with one attached hydrogen (secondary N) is 1. The molecule has 0 amide bonds. The molecule has 1 aromatic heterocycles. The van der Waals surface area contributed by atoms with Gasteiger partial charge < -0.3 is 15.1 Å². The number of hydrogen-bond acceptors (Lipinski definition) is 5. The van der Waals surface area contributed by atoms with Crippen molar-refractivity contribution in [2.24, 2.45) is 5.92 Å². The van der Waals surface area contributed by atoms with E-state index >= 15 is 0 Å². The van der Waals surface area contributed by atoms with E-state index in [0.717, 1.165) is 56.0 Å². The zero-order valence-electron chi connectivity index (χ0n) is 13.9. The van der Waals surface area contributed by atoms with Crippen molar-refractivity contribution in [2.75, 3.05) is 50.5 Å². The molecule has 0 atom stereocenters. The molecule has 1 fully saturated rings. The molecule has 21 heavy (non-hydrogen) atoms. The molecule has 2 rings (SSSR count). The fourth-order valence-corrected chi connectivity index (χ4v) is 2.35. The Morgan fingerprint density at radius 1 is 1.24 bits per heavy atom. The molecule has 0 unspecified atom stereocenters. The van der Waals surface area contributed by atoms with Gasteiger partial charge in [0.25, 0.3) is 0 Å². The maximum Gasteiger partial charge on any atom is 0.227 e. The van der Waals surface area contributed by atoms with Crippen LogP contribution in [-0.4, -0.2) is 55.1 Å². The number of anilines is 2. The fraction of sp³-hybridized carbons (Fsp3) is 0.750. The lowest BCUT2D eigenvalue weighted by molar-refractivity contribution is 0.425. The second-order valence-corrected chi connectivity index (χ2v) is 6.31. The Balaban J connectivity index is 2.04. The van der Waals surface area contributed by atoms with E-state index in [1.54, 1.807) is 0 Å². The normalized spacial score (nSPS) is 14.5. The summed E-state index contributed by atoms with van der Waals surface area (Å²) < 4.78 is 0. The first-order chi connectivity index (χ1) is 10.1. The van der Waals surface area contributed by atoms with Crippen molar-refractivity contribution in [1.29, 1.82) is 0 Å². The third-order valence-corrected chi connectivity index (χ3v) is 3.66. The predicted octanol–water partition coefficient (Wildman–Crippen LogP) is 2.38. The molecule has 118 valence electrons. The van der Waals surface area contributed by atoms with Crippen molar-refractivity contribution in [3.8, 4) is 0 Å². The largest absolute Gasteiger partial charge is 0.369 e. The van der Waals surface area contributed by atoms with E-state index in [0.29, 0.717) is 0 Å². The van der Waals surface area contributed by atoms with Gasteiger partial charge in [0, 0.05) is 37.9 Å². The van der Waals surface area contributed by atoms with Crippen LogP contribution in [0.15, 0.2) is 6.07 Å². The van der Waals surface area contributed by atoms with Gasteiger partial charge in [0.15, 0.2) is 0 Å². The first kappa shape index (κ1) is 16.0. The number of nitrogens with zero attached hydrogens (tertiary/aromatic N) is 4. The number of likely N-dealkylation sites (N-methyl/N-ethyl adjacent to an activating group) is 1. The summed E-state index contributed by atoms with van der Waals surface area (Å²) in [7, 11) is 4.16. The lowest BCUT2D eigenvalue weighted by atomic mass is 10.3. The summed E-state index contributed by atoms with van der Waals surface area (Å²) >= 11 is 0. The molecule has 1 saturated carbocycles. The van der Waals surface area contributed by atoms with Gasteiger partial charge in [-0.05, 0) is 46.2 Å². The van der Waals surface area contributed by atoms with E-state index in [1.165, 1.54) is 12.8 Å². The van der Waals surface area contributed by atoms with E-state index < -0.39 is 0 Å². The van der Waals surface area contributed by atoms with Gasteiger partial charge in [-0.15, -0.1) is 0 Å². The lowest BCUT2D eigenvalue weighted by Gasteiger charge is -2.23. The minimum atomic E-state index is 0.853. The summed E-state index contributed by atoms with van der Waals surface area (Å²) in [6.07, 6.45) is 3.85. The van der Waals surface area contributed by atoms with Crippen molar-refractivity contribution in [3.63, 3.8) is 0 Å². The molecule has 1 heterocycles. The molecule has 5 nitrogen and oxygen atoms in total. The van der Waals surface area contributed by atoms with Crippen LogP contribution in [0.3, 0.4) is 0 Å². The van der Waals surface area contributed by atoms with Gasteiger partial charge in [-0.25, -0.2) is 4.98 Å². The molecule has 1 N–H and O–H groups in total. The summed E-state index contributed by atoms with van der Waals surface area (Å²) in [6, 6.07) is 2.03. The van der Waals surface area contributed by atoms with E-state index in [9.17, 15) is 0 Å². The standard InChI is InChI=1S/C16H29N5/c1-5-9-21(12-14-6-7-14)16-18-13(2)11-15(19-16)17-8-10-20(3)4/h11,14H,5-10,12H2,1-4H3,(H,17,18,19). The molecular weight excluding hydrogens is 262 g/mol. The number of rotatable bonds is 9. The quantitative estimate of drug-likeness (QED) is 0.757. The minimum Gasteiger partial charge on any atom is -0.369 e. The summed E-state index contributed by atoms with van der Waals surface area (Å²) in [4.78, 5) is 13.9. The van der Waals surface area contributed by atoms with Gasteiger partial charge in [0.2, 0.25) is 5.95 Å². The Kier molecular flexibility index (Phi) is 5.79. The smallest absolute Gasteiger partial charge is 0.227 e. The zero-order chi connectivity index (χ0) is 15.2. The Labute approximate surface area is 128 Å². The van der Waals surface area contributed by atoms with Crippen LogP contribution in [0.1, 0.15) is 31.9 Å². The van der Waals surface area contributed by atoms with Gasteiger partial charge in [0.05, 0.1) is 0 Å². The van der Waals surface area contributed by atoms with E-state index in [4.69, 9.17) is 4.98 Å². The topological polar surface area (TPSA) is 44.3 Å². The zero-order valence-corrected chi connectivity index (χ0v) is 13.9. The first-order valence-electron chi connectivity index (χ1n) is 8.07. The second-order valence-electron chi connectivity index (χ2n) is 6.31. The first-order valence-corrected chi connectivity index (χ1v) is 8.07. The molecule has 0 saturated heterocycles. The van der Waals surface area contributed by atoms with Gasteiger partial charge in [-0.3, -0.25) is 0 Å². The third-order valence-electron chi connectivity index (χ3n) is 3.66. The minimum absolute atomic E-state index is 0.853. The summed E-state index contributed by atoms with van der Waals surface area (Å²) in [5.41, 5.74) is 1.03. The van der Waals surface area contributed by atoms with Gasteiger partial charge in [-0.1, -0.05) is 6.92 Å². The summed E-state index contributed by atoms with van der Waals surface area (Å²) in [5, 5.41) is 3.40. The molecule has 0 aliphatic heterocycles. The van der Waals surface area contributed by atoms with Gasteiger partial charge in [-0.2, -0.15) is 4.98 Å². The van der Waals surface area contributed by atoms with Crippen molar-refractivity contribution >= 4 is 11.8 Å². The van der Waals surface area contributed by atoms with Crippen LogP contribution < -0.4 is 10.2 Å². The van der Waals surface area contributed by atoms with Crippen molar-refractivity contribution < 1.29 is 0 Å². The number of aryl methyl sites for hydroxylation is 1.